The van der Waals surface area contributed by atoms with Gasteiger partial charge < -0.3 is 5.32 Å². The Hall–Kier alpha value is -2.26. The van der Waals surface area contributed by atoms with E-state index in [0.29, 0.717) is 6.54 Å². The van der Waals surface area contributed by atoms with E-state index in [0.717, 1.165) is 21.8 Å². The predicted octanol–water partition coefficient (Wildman–Crippen LogP) is 4.88. The van der Waals surface area contributed by atoms with Crippen molar-refractivity contribution in [2.24, 2.45) is 0 Å². The van der Waals surface area contributed by atoms with Gasteiger partial charge in [0.2, 0.25) is 0 Å². The summed E-state index contributed by atoms with van der Waals surface area (Å²) in [5, 5.41) is 5.44. The number of carbonyl (C=O) groups is 1. The molecule has 3 heteroatoms. The third kappa shape index (κ3) is 3.74. The minimum Gasteiger partial charge on any atom is -0.348 e. The third-order valence-corrected chi connectivity index (χ3v) is 4.65. The molecule has 0 aliphatic carbocycles. The van der Waals surface area contributed by atoms with E-state index in [1.54, 1.807) is 11.8 Å². The molecule has 0 aromatic heterocycles. The summed E-state index contributed by atoms with van der Waals surface area (Å²) in [6.45, 7) is 2.63. The second-order valence-electron chi connectivity index (χ2n) is 5.29. The average Bonchev–Trinajstić information content (AvgIpc) is 2.60. The first-order valence-electron chi connectivity index (χ1n) is 7.75. The summed E-state index contributed by atoms with van der Waals surface area (Å²) in [5.74, 6) is 0.935. The van der Waals surface area contributed by atoms with Crippen LogP contribution in [0.25, 0.3) is 10.8 Å². The second-order valence-corrected chi connectivity index (χ2v) is 6.60. The normalized spacial score (nSPS) is 10.7. The van der Waals surface area contributed by atoms with Gasteiger partial charge in [-0.1, -0.05) is 55.5 Å². The molecule has 0 aliphatic rings. The number of thioether (sulfide) groups is 1. The Morgan fingerprint density at radius 2 is 1.70 bits per heavy atom. The van der Waals surface area contributed by atoms with E-state index in [9.17, 15) is 4.79 Å². The van der Waals surface area contributed by atoms with Crippen molar-refractivity contribution < 1.29 is 4.79 Å². The van der Waals surface area contributed by atoms with Crippen LogP contribution in [0.1, 0.15) is 22.8 Å². The number of hydrogen-bond donors (Lipinski definition) is 1. The van der Waals surface area contributed by atoms with Crippen molar-refractivity contribution >= 4 is 28.4 Å². The van der Waals surface area contributed by atoms with E-state index >= 15 is 0 Å². The summed E-state index contributed by atoms with van der Waals surface area (Å²) in [4.78, 5) is 13.5. The lowest BCUT2D eigenvalue weighted by atomic mass is 10.1. The van der Waals surface area contributed by atoms with E-state index in [4.69, 9.17) is 0 Å². The van der Waals surface area contributed by atoms with Crippen LogP contribution in [0.2, 0.25) is 0 Å². The monoisotopic (exact) mass is 321 g/mol. The van der Waals surface area contributed by atoms with Crippen LogP contribution in [-0.2, 0) is 6.54 Å². The average molecular weight is 321 g/mol. The van der Waals surface area contributed by atoms with E-state index in [2.05, 4.69) is 42.6 Å². The molecule has 0 saturated heterocycles. The molecule has 3 aromatic rings. The third-order valence-electron chi connectivity index (χ3n) is 3.70. The second kappa shape index (κ2) is 7.34. The molecule has 0 aliphatic heterocycles. The van der Waals surface area contributed by atoms with Crippen LogP contribution in [0, 0.1) is 0 Å². The number of amides is 1. The molecule has 0 heterocycles. The van der Waals surface area contributed by atoms with Gasteiger partial charge in [-0.2, -0.15) is 0 Å². The maximum absolute atomic E-state index is 12.5. The van der Waals surface area contributed by atoms with Crippen LogP contribution in [0.5, 0.6) is 0 Å². The van der Waals surface area contributed by atoms with Crippen molar-refractivity contribution in [2.75, 3.05) is 5.75 Å². The van der Waals surface area contributed by atoms with Crippen LogP contribution in [0.15, 0.2) is 71.6 Å². The summed E-state index contributed by atoms with van der Waals surface area (Å²) >= 11 is 1.69. The Morgan fingerprint density at radius 1 is 0.957 bits per heavy atom. The van der Waals surface area contributed by atoms with E-state index in [-0.39, 0.29) is 5.91 Å². The maximum Gasteiger partial charge on any atom is 0.252 e. The Labute approximate surface area is 140 Å². The maximum atomic E-state index is 12.5. The van der Waals surface area contributed by atoms with Gasteiger partial charge in [-0.15, -0.1) is 11.8 Å². The van der Waals surface area contributed by atoms with Crippen molar-refractivity contribution in [3.63, 3.8) is 0 Å². The van der Waals surface area contributed by atoms with Crippen LogP contribution >= 0.6 is 11.8 Å². The summed E-state index contributed by atoms with van der Waals surface area (Å²) in [5.41, 5.74) is 1.86. The van der Waals surface area contributed by atoms with Gasteiger partial charge >= 0.3 is 0 Å². The molecule has 0 atom stereocenters. The van der Waals surface area contributed by atoms with Gasteiger partial charge in [-0.3, -0.25) is 4.79 Å². The van der Waals surface area contributed by atoms with Crippen LogP contribution < -0.4 is 5.32 Å². The molecule has 0 bridgehead atoms. The first kappa shape index (κ1) is 15.6. The fourth-order valence-electron chi connectivity index (χ4n) is 2.56. The Bertz CT molecular complexity index is 828. The van der Waals surface area contributed by atoms with Crippen LogP contribution in [-0.4, -0.2) is 11.7 Å². The van der Waals surface area contributed by atoms with Gasteiger partial charge in [-0.05, 0) is 40.3 Å². The zero-order valence-electron chi connectivity index (χ0n) is 13.1. The molecule has 1 amide bonds. The fourth-order valence-corrected chi connectivity index (χ4v) is 3.36. The molecule has 116 valence electrons. The molecule has 1 N–H and O–H groups in total. The molecule has 2 nitrogen and oxygen atoms in total. The predicted molar refractivity (Wildman–Crippen MR) is 98.0 cm³/mol. The lowest BCUT2D eigenvalue weighted by molar-refractivity contribution is 0.0948. The van der Waals surface area contributed by atoms with Gasteiger partial charge in [0.25, 0.3) is 5.91 Å². The van der Waals surface area contributed by atoms with Gasteiger partial charge in [0.1, 0.15) is 0 Å². The molecule has 23 heavy (non-hydrogen) atoms. The van der Waals surface area contributed by atoms with Crippen molar-refractivity contribution in [1.29, 1.82) is 0 Å². The van der Waals surface area contributed by atoms with E-state index in [1.807, 2.05) is 36.4 Å². The minimum absolute atomic E-state index is 0.0188. The molecule has 0 fully saturated rings. The Kier molecular flexibility index (Phi) is 4.99. The quantitative estimate of drug-likeness (QED) is 0.678. The van der Waals surface area contributed by atoms with Crippen LogP contribution in [0.4, 0.5) is 0 Å². The summed E-state index contributed by atoms with van der Waals surface area (Å²) in [6.07, 6.45) is 0. The fraction of sp³-hybridized carbons (Fsp3) is 0.150. The molecule has 0 unspecified atom stereocenters. The smallest absolute Gasteiger partial charge is 0.252 e. The number of nitrogens with one attached hydrogen (secondary N) is 1. The lowest BCUT2D eigenvalue weighted by Crippen LogP contribution is -2.23. The van der Waals surface area contributed by atoms with Gasteiger partial charge in [-0.25, -0.2) is 0 Å². The number of fused-ring (bicyclic) bond motifs is 1. The van der Waals surface area contributed by atoms with Gasteiger partial charge in [0.05, 0.1) is 5.56 Å². The first-order chi connectivity index (χ1) is 11.3. The van der Waals surface area contributed by atoms with Crippen molar-refractivity contribution in [1.82, 2.24) is 5.32 Å². The molecule has 0 spiro atoms. The number of hydrogen-bond acceptors (Lipinski definition) is 2. The lowest BCUT2D eigenvalue weighted by Gasteiger charge is -2.10. The number of benzene rings is 3. The highest BCUT2D eigenvalue weighted by atomic mass is 32.2. The largest absolute Gasteiger partial charge is 0.348 e. The van der Waals surface area contributed by atoms with Crippen molar-refractivity contribution in [3.05, 3.63) is 77.9 Å². The summed E-state index contributed by atoms with van der Waals surface area (Å²) in [7, 11) is 0. The van der Waals surface area contributed by atoms with Gasteiger partial charge in [0, 0.05) is 11.4 Å². The van der Waals surface area contributed by atoms with Crippen molar-refractivity contribution in [3.8, 4) is 0 Å². The highest BCUT2D eigenvalue weighted by Crippen LogP contribution is 2.22. The Balaban J connectivity index is 1.73. The molecular weight excluding hydrogens is 302 g/mol. The summed E-state index contributed by atoms with van der Waals surface area (Å²) < 4.78 is 0. The highest BCUT2D eigenvalue weighted by Gasteiger charge is 2.10. The number of rotatable bonds is 5. The molecule has 0 saturated carbocycles. The Morgan fingerprint density at radius 3 is 2.52 bits per heavy atom. The standard InChI is InChI=1S/C20H19NOS/c1-2-23-19-10-6-5-9-18(19)20(22)21-14-15-11-12-16-7-3-4-8-17(16)13-15/h3-13H,2,14H2,1H3,(H,21,22). The van der Waals surface area contributed by atoms with Crippen molar-refractivity contribution in [2.45, 2.75) is 18.4 Å². The van der Waals surface area contributed by atoms with E-state index in [1.165, 1.54) is 10.8 Å². The topological polar surface area (TPSA) is 29.1 Å². The SMILES string of the molecule is CCSc1ccccc1C(=O)NCc1ccc2ccccc2c1. The molecule has 3 aromatic carbocycles. The molecule has 3 rings (SSSR count). The number of carbonyl (C=O) groups excluding carboxylic acids is 1. The summed E-state index contributed by atoms with van der Waals surface area (Å²) in [6, 6.07) is 22.3. The van der Waals surface area contributed by atoms with Crippen LogP contribution in [0.3, 0.4) is 0 Å². The minimum atomic E-state index is -0.0188. The molecule has 0 radical (unpaired) electrons. The van der Waals surface area contributed by atoms with Gasteiger partial charge in [0.15, 0.2) is 0 Å². The zero-order chi connectivity index (χ0) is 16.1. The first-order valence-corrected chi connectivity index (χ1v) is 8.74. The van der Waals surface area contributed by atoms with E-state index < -0.39 is 0 Å². The molecular formula is C20H19NOS. The highest BCUT2D eigenvalue weighted by molar-refractivity contribution is 7.99. The zero-order valence-corrected chi connectivity index (χ0v) is 13.9.